The van der Waals surface area contributed by atoms with Crippen molar-refractivity contribution < 1.29 is 0 Å². The Bertz CT molecular complexity index is 1460. The van der Waals surface area contributed by atoms with Crippen LogP contribution < -0.4 is 0 Å². The number of rotatable bonds is 4. The minimum atomic E-state index is 0.710. The van der Waals surface area contributed by atoms with Gasteiger partial charge in [-0.1, -0.05) is 73.3 Å². The Morgan fingerprint density at radius 3 is 2.39 bits per heavy atom. The summed E-state index contributed by atoms with van der Waals surface area (Å²) in [6, 6.07) is 24.4. The summed E-state index contributed by atoms with van der Waals surface area (Å²) >= 11 is 0. The van der Waals surface area contributed by atoms with Crippen LogP contribution in [0.5, 0.6) is 0 Å². The van der Waals surface area contributed by atoms with Crippen molar-refractivity contribution in [1.82, 2.24) is 19.5 Å². The lowest BCUT2D eigenvalue weighted by atomic mass is 10.0. The van der Waals surface area contributed by atoms with Gasteiger partial charge in [0.2, 0.25) is 0 Å². The third-order valence-corrected chi connectivity index (χ3v) is 5.38. The number of fused-ring (bicyclic) bond motifs is 2. The fourth-order valence-electron chi connectivity index (χ4n) is 4.05. The third kappa shape index (κ3) is 3.22. The van der Waals surface area contributed by atoms with E-state index < -0.39 is 0 Å². The van der Waals surface area contributed by atoms with Gasteiger partial charge in [0.25, 0.3) is 0 Å². The number of nitrogens with zero attached hydrogens (tertiary/aromatic N) is 4. The summed E-state index contributed by atoms with van der Waals surface area (Å²) in [5, 5.41) is 1.01. The summed E-state index contributed by atoms with van der Waals surface area (Å²) in [7, 11) is 0. The summed E-state index contributed by atoms with van der Waals surface area (Å²) in [5.41, 5.74) is 6.61. The molecule has 0 bridgehead atoms. The minimum absolute atomic E-state index is 0.710. The molecule has 5 aromatic rings. The van der Waals surface area contributed by atoms with Crippen molar-refractivity contribution in [2.75, 3.05) is 0 Å². The first-order valence-corrected chi connectivity index (χ1v) is 10.3. The van der Waals surface area contributed by atoms with Crippen molar-refractivity contribution in [2.24, 2.45) is 0 Å². The second-order valence-corrected chi connectivity index (χ2v) is 7.44. The average molecular weight is 403 g/mol. The molecule has 0 unspecified atom stereocenters. The number of allylic oxidation sites excluding steroid dienone is 3. The van der Waals surface area contributed by atoms with Gasteiger partial charge in [0.1, 0.15) is 5.82 Å². The number of hydrogen-bond donors (Lipinski definition) is 0. The van der Waals surface area contributed by atoms with Crippen molar-refractivity contribution in [3.05, 3.63) is 97.4 Å². The molecule has 2 heterocycles. The fourth-order valence-corrected chi connectivity index (χ4v) is 4.05. The molecule has 5 rings (SSSR count). The number of benzene rings is 3. The molecule has 4 heteroatoms. The van der Waals surface area contributed by atoms with Gasteiger partial charge in [-0.2, -0.15) is 0 Å². The van der Waals surface area contributed by atoms with Gasteiger partial charge in [0, 0.05) is 22.2 Å². The zero-order chi connectivity index (χ0) is 21.4. The molecule has 0 atom stereocenters. The van der Waals surface area contributed by atoms with Gasteiger partial charge in [-0.25, -0.2) is 15.0 Å². The molecule has 0 spiro atoms. The topological polar surface area (TPSA) is 43.6 Å². The average Bonchev–Trinajstić information content (AvgIpc) is 3.15. The van der Waals surface area contributed by atoms with Crippen LogP contribution in [-0.2, 0) is 0 Å². The molecule has 0 aliphatic rings. The smallest absolute Gasteiger partial charge is 0.160 e. The van der Waals surface area contributed by atoms with Gasteiger partial charge >= 0.3 is 0 Å². The standard InChI is InChI=1S/C27H22N4/c1-4-11-18(2)31-19(3)28-24-17-10-15-22(26(24)31)25-21-14-8-9-16-23(21)29-27(30-25)20-12-6-5-7-13-20/h4-17H,2H2,1,3H3/b11-4-. The summed E-state index contributed by atoms with van der Waals surface area (Å²) < 4.78 is 2.10. The maximum atomic E-state index is 5.05. The number of aromatic nitrogens is 4. The van der Waals surface area contributed by atoms with E-state index in [4.69, 9.17) is 15.0 Å². The first-order chi connectivity index (χ1) is 15.2. The number of imidazole rings is 1. The van der Waals surface area contributed by atoms with Crippen molar-refractivity contribution in [3.63, 3.8) is 0 Å². The van der Waals surface area contributed by atoms with E-state index in [0.717, 1.165) is 50.3 Å². The molecule has 0 amide bonds. The monoisotopic (exact) mass is 402 g/mol. The molecular weight excluding hydrogens is 380 g/mol. The van der Waals surface area contributed by atoms with E-state index >= 15 is 0 Å². The van der Waals surface area contributed by atoms with Gasteiger partial charge < -0.3 is 0 Å². The third-order valence-electron chi connectivity index (χ3n) is 5.38. The van der Waals surface area contributed by atoms with Crippen LogP contribution in [0.25, 0.3) is 50.3 Å². The summed E-state index contributed by atoms with van der Waals surface area (Å²) in [6.07, 6.45) is 3.99. The highest BCUT2D eigenvalue weighted by Gasteiger charge is 2.18. The van der Waals surface area contributed by atoms with Crippen LogP contribution in [0, 0.1) is 6.92 Å². The van der Waals surface area contributed by atoms with Gasteiger partial charge in [-0.15, -0.1) is 0 Å². The van der Waals surface area contributed by atoms with Crippen molar-refractivity contribution in [3.8, 4) is 22.6 Å². The largest absolute Gasteiger partial charge is 0.296 e. The summed E-state index contributed by atoms with van der Waals surface area (Å²) in [5.74, 6) is 1.61. The molecule has 0 aliphatic heterocycles. The predicted octanol–water partition coefficient (Wildman–Crippen LogP) is 6.67. The zero-order valence-corrected chi connectivity index (χ0v) is 17.6. The van der Waals surface area contributed by atoms with Crippen molar-refractivity contribution >= 4 is 27.6 Å². The van der Waals surface area contributed by atoms with Crippen molar-refractivity contribution in [2.45, 2.75) is 13.8 Å². The number of para-hydroxylation sites is 2. The van der Waals surface area contributed by atoms with Crippen LogP contribution in [0.4, 0.5) is 0 Å². The highest BCUT2D eigenvalue weighted by Crippen LogP contribution is 2.35. The lowest BCUT2D eigenvalue weighted by molar-refractivity contribution is 1.03. The SMILES string of the molecule is C=C(/C=C\C)n1c(C)nc2cccc(-c3nc(-c4ccccc4)nc4ccccc34)c21. The highest BCUT2D eigenvalue weighted by molar-refractivity contribution is 6.02. The molecule has 2 aromatic heterocycles. The van der Waals surface area contributed by atoms with Crippen molar-refractivity contribution in [1.29, 1.82) is 0 Å². The van der Waals surface area contributed by atoms with Gasteiger partial charge in [-0.05, 0) is 32.1 Å². The molecule has 31 heavy (non-hydrogen) atoms. The maximum absolute atomic E-state index is 5.05. The zero-order valence-electron chi connectivity index (χ0n) is 17.6. The van der Waals surface area contributed by atoms with Crippen LogP contribution in [-0.4, -0.2) is 19.5 Å². The maximum Gasteiger partial charge on any atom is 0.160 e. The Labute approximate surface area is 181 Å². The molecule has 0 saturated heterocycles. The van der Waals surface area contributed by atoms with Gasteiger partial charge in [0.15, 0.2) is 5.82 Å². The Hall–Kier alpha value is -4.05. The molecule has 150 valence electrons. The van der Waals surface area contributed by atoms with E-state index in [9.17, 15) is 0 Å². The first kappa shape index (κ1) is 18.9. The first-order valence-electron chi connectivity index (χ1n) is 10.3. The molecule has 0 radical (unpaired) electrons. The quantitative estimate of drug-likeness (QED) is 0.315. The fraction of sp³-hybridized carbons (Fsp3) is 0.0741. The Morgan fingerprint density at radius 1 is 0.839 bits per heavy atom. The normalized spacial score (nSPS) is 11.5. The van der Waals surface area contributed by atoms with E-state index in [1.54, 1.807) is 0 Å². The van der Waals surface area contributed by atoms with E-state index in [1.165, 1.54) is 0 Å². The molecule has 0 saturated carbocycles. The van der Waals surface area contributed by atoms with Gasteiger partial charge in [-0.3, -0.25) is 4.57 Å². The second kappa shape index (κ2) is 7.65. The molecule has 3 aromatic carbocycles. The lowest BCUT2D eigenvalue weighted by Crippen LogP contribution is -2.00. The van der Waals surface area contributed by atoms with Crippen LogP contribution in [0.3, 0.4) is 0 Å². The minimum Gasteiger partial charge on any atom is -0.296 e. The molecule has 4 nitrogen and oxygen atoms in total. The van der Waals surface area contributed by atoms with Gasteiger partial charge in [0.05, 0.1) is 22.2 Å². The van der Waals surface area contributed by atoms with Crippen LogP contribution >= 0.6 is 0 Å². The Kier molecular flexibility index (Phi) is 4.68. The summed E-state index contributed by atoms with van der Waals surface area (Å²) in [6.45, 7) is 8.26. The molecule has 0 N–H and O–H groups in total. The van der Waals surface area contributed by atoms with Crippen LogP contribution in [0.15, 0.2) is 91.5 Å². The highest BCUT2D eigenvalue weighted by atomic mass is 15.1. The number of aryl methyl sites for hydroxylation is 1. The Morgan fingerprint density at radius 2 is 1.58 bits per heavy atom. The number of hydrogen-bond acceptors (Lipinski definition) is 3. The van der Waals surface area contributed by atoms with E-state index in [-0.39, 0.29) is 0 Å². The molecule has 0 aliphatic carbocycles. The predicted molar refractivity (Wildman–Crippen MR) is 129 cm³/mol. The Balaban J connectivity index is 1.87. The van der Waals surface area contributed by atoms with E-state index in [1.807, 2.05) is 86.7 Å². The van der Waals surface area contributed by atoms with E-state index in [2.05, 4.69) is 23.3 Å². The molecular formula is C27H22N4. The van der Waals surface area contributed by atoms with Crippen LogP contribution in [0.2, 0.25) is 0 Å². The van der Waals surface area contributed by atoms with E-state index in [0.29, 0.717) is 5.82 Å². The van der Waals surface area contributed by atoms with Crippen LogP contribution in [0.1, 0.15) is 12.7 Å². The second-order valence-electron chi connectivity index (χ2n) is 7.44. The molecule has 0 fully saturated rings. The summed E-state index contributed by atoms with van der Waals surface area (Å²) in [4.78, 5) is 14.7. The lowest BCUT2D eigenvalue weighted by Gasteiger charge is -2.13.